The molecule has 2 heterocycles. The van der Waals surface area contributed by atoms with Crippen LogP contribution in [0.4, 0.5) is 4.79 Å². The number of ether oxygens (including phenoxy) is 1. The van der Waals surface area contributed by atoms with Crippen molar-refractivity contribution >= 4 is 17.4 Å². The third kappa shape index (κ3) is 4.99. The maximum Gasteiger partial charge on any atom is 0.407 e. The minimum absolute atomic E-state index is 0.137. The van der Waals surface area contributed by atoms with E-state index in [1.165, 1.54) is 4.88 Å². The molecule has 1 aromatic heterocycles. The van der Waals surface area contributed by atoms with Crippen LogP contribution in [-0.4, -0.2) is 41.8 Å². The van der Waals surface area contributed by atoms with E-state index < -0.39 is 5.60 Å². The lowest BCUT2D eigenvalue weighted by atomic mass is 9.92. The monoisotopic (exact) mass is 324 g/mol. The quantitative estimate of drug-likeness (QED) is 0.918. The van der Waals surface area contributed by atoms with E-state index in [-0.39, 0.29) is 12.1 Å². The van der Waals surface area contributed by atoms with Crippen LogP contribution in [0.1, 0.15) is 51.8 Å². The summed E-state index contributed by atoms with van der Waals surface area (Å²) in [4.78, 5) is 15.9. The fourth-order valence-electron chi connectivity index (χ4n) is 2.86. The molecule has 0 aromatic carbocycles. The summed E-state index contributed by atoms with van der Waals surface area (Å²) < 4.78 is 5.40. The molecule has 0 aliphatic carbocycles. The van der Waals surface area contributed by atoms with Gasteiger partial charge in [0.2, 0.25) is 0 Å². The Labute approximate surface area is 137 Å². The number of hydrogen-bond acceptors (Lipinski definition) is 4. The maximum atomic E-state index is 12.0. The van der Waals surface area contributed by atoms with Crippen molar-refractivity contribution in [3.63, 3.8) is 0 Å². The molecule has 1 N–H and O–H groups in total. The van der Waals surface area contributed by atoms with Crippen molar-refractivity contribution < 1.29 is 9.53 Å². The summed E-state index contributed by atoms with van der Waals surface area (Å²) in [6, 6.07) is 4.91. The summed E-state index contributed by atoms with van der Waals surface area (Å²) in [7, 11) is 0. The van der Waals surface area contributed by atoms with E-state index >= 15 is 0 Å². The summed E-state index contributed by atoms with van der Waals surface area (Å²) in [5.74, 6) is 0.482. The Morgan fingerprint density at radius 3 is 2.68 bits per heavy atom. The first-order chi connectivity index (χ1) is 10.2. The molecule has 4 nitrogen and oxygen atoms in total. The van der Waals surface area contributed by atoms with Crippen LogP contribution in [0.5, 0.6) is 0 Å². The van der Waals surface area contributed by atoms with E-state index in [4.69, 9.17) is 4.74 Å². The third-order valence-corrected chi connectivity index (χ3v) is 4.91. The number of likely N-dealkylation sites (tertiary alicyclic amines) is 1. The molecule has 2 rings (SSSR count). The molecule has 2 atom stereocenters. The molecule has 22 heavy (non-hydrogen) atoms. The van der Waals surface area contributed by atoms with Crippen LogP contribution >= 0.6 is 11.3 Å². The first-order valence-corrected chi connectivity index (χ1v) is 8.89. The topological polar surface area (TPSA) is 41.6 Å². The van der Waals surface area contributed by atoms with E-state index in [2.05, 4.69) is 41.6 Å². The largest absolute Gasteiger partial charge is 0.444 e. The van der Waals surface area contributed by atoms with Gasteiger partial charge in [0.15, 0.2) is 0 Å². The van der Waals surface area contributed by atoms with Gasteiger partial charge in [0.25, 0.3) is 0 Å². The summed E-state index contributed by atoms with van der Waals surface area (Å²) >= 11 is 1.80. The minimum Gasteiger partial charge on any atom is -0.444 e. The normalized spacial score (nSPS) is 23.5. The van der Waals surface area contributed by atoms with E-state index in [0.717, 1.165) is 19.5 Å². The zero-order valence-electron chi connectivity index (χ0n) is 14.3. The SMILES string of the molecule is CC(C)N1CC(NC(=O)OC(C)(C)C)CC(c2cccs2)C1. The van der Waals surface area contributed by atoms with Crippen LogP contribution in [0.2, 0.25) is 0 Å². The van der Waals surface area contributed by atoms with Gasteiger partial charge in [0.05, 0.1) is 0 Å². The highest BCUT2D eigenvalue weighted by atomic mass is 32.1. The highest BCUT2D eigenvalue weighted by Crippen LogP contribution is 2.31. The predicted molar refractivity (Wildman–Crippen MR) is 91.5 cm³/mol. The molecule has 124 valence electrons. The minimum atomic E-state index is -0.455. The zero-order chi connectivity index (χ0) is 16.3. The number of rotatable bonds is 3. The van der Waals surface area contributed by atoms with Gasteiger partial charge in [-0.3, -0.25) is 4.90 Å². The molecule has 2 unspecified atom stereocenters. The molecule has 1 aromatic rings. The Morgan fingerprint density at radius 1 is 1.41 bits per heavy atom. The lowest BCUT2D eigenvalue weighted by Crippen LogP contribution is -2.52. The molecule has 0 radical (unpaired) electrons. The smallest absolute Gasteiger partial charge is 0.407 e. The molecule has 0 saturated carbocycles. The number of hydrogen-bond donors (Lipinski definition) is 1. The fraction of sp³-hybridized carbons (Fsp3) is 0.706. The average molecular weight is 324 g/mol. The number of amides is 1. The second-order valence-electron chi connectivity index (χ2n) is 7.34. The van der Waals surface area contributed by atoms with Gasteiger partial charge in [-0.25, -0.2) is 4.79 Å². The Kier molecular flexibility index (Phi) is 5.50. The number of nitrogens with one attached hydrogen (secondary N) is 1. The summed E-state index contributed by atoms with van der Waals surface area (Å²) in [5, 5.41) is 5.18. The number of carbonyl (C=O) groups is 1. The van der Waals surface area contributed by atoms with Crippen molar-refractivity contribution in [2.75, 3.05) is 13.1 Å². The van der Waals surface area contributed by atoms with Crippen LogP contribution in [0.15, 0.2) is 17.5 Å². The number of thiophene rings is 1. The Morgan fingerprint density at radius 2 is 2.14 bits per heavy atom. The third-order valence-electron chi connectivity index (χ3n) is 3.88. The van der Waals surface area contributed by atoms with Crippen LogP contribution in [0, 0.1) is 0 Å². The van der Waals surface area contributed by atoms with E-state index in [1.54, 1.807) is 11.3 Å². The highest BCUT2D eigenvalue weighted by Gasteiger charge is 2.31. The van der Waals surface area contributed by atoms with Gasteiger partial charge in [-0.2, -0.15) is 0 Å². The summed E-state index contributed by atoms with van der Waals surface area (Å²) in [6.07, 6.45) is 0.663. The summed E-state index contributed by atoms with van der Waals surface area (Å²) in [6.45, 7) is 12.0. The van der Waals surface area contributed by atoms with Gasteiger partial charge in [-0.05, 0) is 52.5 Å². The maximum absolute atomic E-state index is 12.0. The molecule has 1 aliphatic rings. The van der Waals surface area contributed by atoms with Crippen LogP contribution < -0.4 is 5.32 Å². The number of carbonyl (C=O) groups excluding carboxylic acids is 1. The molecule has 1 aliphatic heterocycles. The first-order valence-electron chi connectivity index (χ1n) is 8.01. The van der Waals surface area contributed by atoms with Gasteiger partial charge in [-0.1, -0.05) is 6.07 Å². The molecular weight excluding hydrogens is 296 g/mol. The molecule has 1 fully saturated rings. The predicted octanol–water partition coefficient (Wildman–Crippen LogP) is 3.84. The molecule has 1 amide bonds. The standard InChI is InChI=1S/C17H28N2O2S/c1-12(2)19-10-13(15-7-6-8-22-15)9-14(11-19)18-16(20)21-17(3,4)5/h6-8,12-14H,9-11H2,1-5H3,(H,18,20). The van der Waals surface area contributed by atoms with E-state index in [9.17, 15) is 4.79 Å². The van der Waals surface area contributed by atoms with Gasteiger partial charge >= 0.3 is 6.09 Å². The second-order valence-corrected chi connectivity index (χ2v) is 8.32. The van der Waals surface area contributed by atoms with E-state index in [0.29, 0.717) is 12.0 Å². The molecule has 5 heteroatoms. The lowest BCUT2D eigenvalue weighted by Gasteiger charge is -2.40. The molecular formula is C17H28N2O2S. The number of piperidine rings is 1. The average Bonchev–Trinajstić information content (AvgIpc) is 2.89. The molecule has 0 bridgehead atoms. The Bertz CT molecular complexity index is 479. The van der Waals surface area contributed by atoms with Crippen LogP contribution in [0.25, 0.3) is 0 Å². The van der Waals surface area contributed by atoms with Gasteiger partial charge in [0.1, 0.15) is 5.60 Å². The van der Waals surface area contributed by atoms with Crippen molar-refractivity contribution in [2.45, 2.75) is 64.6 Å². The van der Waals surface area contributed by atoms with Crippen LogP contribution in [0.3, 0.4) is 0 Å². The van der Waals surface area contributed by atoms with Gasteiger partial charge in [0, 0.05) is 36.0 Å². The Hall–Kier alpha value is -1.07. The molecule has 0 spiro atoms. The van der Waals surface area contributed by atoms with Crippen molar-refractivity contribution in [2.24, 2.45) is 0 Å². The molecule has 1 saturated heterocycles. The van der Waals surface area contributed by atoms with Crippen LogP contribution in [-0.2, 0) is 4.74 Å². The Balaban J connectivity index is 2.02. The fourth-order valence-corrected chi connectivity index (χ4v) is 3.70. The highest BCUT2D eigenvalue weighted by molar-refractivity contribution is 7.10. The van der Waals surface area contributed by atoms with Crippen molar-refractivity contribution in [1.29, 1.82) is 0 Å². The van der Waals surface area contributed by atoms with Gasteiger partial charge < -0.3 is 10.1 Å². The second kappa shape index (κ2) is 7.01. The zero-order valence-corrected chi connectivity index (χ0v) is 15.1. The van der Waals surface area contributed by atoms with Gasteiger partial charge in [-0.15, -0.1) is 11.3 Å². The first kappa shape index (κ1) is 17.3. The van der Waals surface area contributed by atoms with E-state index in [1.807, 2.05) is 20.8 Å². The number of nitrogens with zero attached hydrogens (tertiary/aromatic N) is 1. The van der Waals surface area contributed by atoms with Crippen molar-refractivity contribution in [3.05, 3.63) is 22.4 Å². The summed E-state index contributed by atoms with van der Waals surface area (Å²) in [5.41, 5.74) is -0.455. The lowest BCUT2D eigenvalue weighted by molar-refractivity contribution is 0.0452. The van der Waals surface area contributed by atoms with Crippen molar-refractivity contribution in [1.82, 2.24) is 10.2 Å². The number of alkyl carbamates (subject to hydrolysis) is 1. The van der Waals surface area contributed by atoms with Crippen molar-refractivity contribution in [3.8, 4) is 0 Å².